The normalized spacial score (nSPS) is 20.3. The molecule has 41 heavy (non-hydrogen) atoms. The van der Waals surface area contributed by atoms with E-state index in [1.165, 1.54) is 12.1 Å². The minimum absolute atomic E-state index is 0.152. The number of benzene rings is 4. The van der Waals surface area contributed by atoms with Crippen molar-refractivity contribution in [1.82, 2.24) is 0 Å². The molecule has 1 aliphatic rings. The smallest absolute Gasteiger partial charge is 0.341 e. The third-order valence-corrected chi connectivity index (χ3v) is 7.47. The lowest BCUT2D eigenvalue weighted by Gasteiger charge is -2.43. The average molecular weight is 573 g/mol. The van der Waals surface area contributed by atoms with Gasteiger partial charge in [0.05, 0.1) is 12.2 Å². The summed E-state index contributed by atoms with van der Waals surface area (Å²) >= 11 is 6.37. The van der Waals surface area contributed by atoms with Crippen LogP contribution in [0.1, 0.15) is 48.2 Å². The van der Waals surface area contributed by atoms with Crippen molar-refractivity contribution in [3.05, 3.63) is 137 Å². The molecule has 0 saturated carbocycles. The highest BCUT2D eigenvalue weighted by Crippen LogP contribution is 2.53. The van der Waals surface area contributed by atoms with Gasteiger partial charge in [0.15, 0.2) is 6.61 Å². The summed E-state index contributed by atoms with van der Waals surface area (Å²) in [4.78, 5) is 11.4. The highest BCUT2D eigenvalue weighted by Gasteiger charge is 2.42. The van der Waals surface area contributed by atoms with E-state index in [2.05, 4.69) is 6.58 Å². The van der Waals surface area contributed by atoms with Gasteiger partial charge in [-0.05, 0) is 79.1 Å². The summed E-state index contributed by atoms with van der Waals surface area (Å²) in [6.07, 6.45) is -0.487. The Morgan fingerprint density at radius 2 is 1.71 bits per heavy atom. The molecule has 1 heterocycles. The fourth-order valence-electron chi connectivity index (χ4n) is 5.37. The molecule has 1 saturated heterocycles. The van der Waals surface area contributed by atoms with E-state index in [-0.39, 0.29) is 17.7 Å². The van der Waals surface area contributed by atoms with Gasteiger partial charge in [-0.2, -0.15) is 0 Å². The quantitative estimate of drug-likeness (QED) is 0.203. The van der Waals surface area contributed by atoms with Crippen molar-refractivity contribution in [2.24, 2.45) is 5.92 Å². The molecular weight excluding hydrogens is 543 g/mol. The summed E-state index contributed by atoms with van der Waals surface area (Å²) in [5.41, 5.74) is 3.17. The lowest BCUT2D eigenvalue weighted by molar-refractivity contribution is -0.139. The van der Waals surface area contributed by atoms with Crippen LogP contribution >= 0.6 is 11.6 Å². The Kier molecular flexibility index (Phi) is 8.72. The standard InChI is InChI=1S/C34H30ClFO5/c1-21(2)28-19-29(22-8-6-10-24(35)16-22)33(23-9-7-11-25(36)17-23)41-34(28)30-18-27(40-26-12-4-3-5-13-26)14-15-31(30)39-20-32(37)38/h3-18,28-29,33-34H,1,19-20H2,2H3,(H,37,38)/t28-,29-,33+,34+/m1/s1. The zero-order chi connectivity index (χ0) is 28.9. The first-order chi connectivity index (χ1) is 19.8. The van der Waals surface area contributed by atoms with Crippen molar-refractivity contribution in [2.75, 3.05) is 6.61 Å². The first-order valence-corrected chi connectivity index (χ1v) is 13.7. The number of halogens is 2. The van der Waals surface area contributed by atoms with Crippen LogP contribution in [0, 0.1) is 11.7 Å². The van der Waals surface area contributed by atoms with E-state index in [0.29, 0.717) is 39.8 Å². The number of hydrogen-bond donors (Lipinski definition) is 1. The molecule has 5 nitrogen and oxygen atoms in total. The van der Waals surface area contributed by atoms with Crippen LogP contribution in [-0.2, 0) is 9.53 Å². The Bertz CT molecular complexity index is 1540. The maximum absolute atomic E-state index is 14.5. The lowest BCUT2D eigenvalue weighted by Crippen LogP contribution is -2.32. The molecule has 5 rings (SSSR count). The Labute approximate surface area is 243 Å². The van der Waals surface area contributed by atoms with Gasteiger partial charge >= 0.3 is 5.97 Å². The summed E-state index contributed by atoms with van der Waals surface area (Å²) in [6.45, 7) is 5.70. The van der Waals surface area contributed by atoms with Crippen molar-refractivity contribution in [3.8, 4) is 17.2 Å². The number of carboxylic acid groups (broad SMARTS) is 1. The molecule has 4 aromatic carbocycles. The highest BCUT2D eigenvalue weighted by molar-refractivity contribution is 6.30. The second-order valence-corrected chi connectivity index (χ2v) is 10.6. The van der Waals surface area contributed by atoms with E-state index >= 15 is 0 Å². The van der Waals surface area contributed by atoms with Crippen LogP contribution in [0.15, 0.2) is 109 Å². The van der Waals surface area contributed by atoms with Crippen LogP contribution in [-0.4, -0.2) is 17.7 Å². The predicted molar refractivity (Wildman–Crippen MR) is 156 cm³/mol. The molecule has 1 aliphatic heterocycles. The number of aliphatic carboxylic acids is 1. The van der Waals surface area contributed by atoms with Gasteiger partial charge in [-0.1, -0.05) is 66.2 Å². The molecule has 210 valence electrons. The maximum atomic E-state index is 14.5. The van der Waals surface area contributed by atoms with Crippen molar-refractivity contribution in [1.29, 1.82) is 0 Å². The van der Waals surface area contributed by atoms with E-state index in [9.17, 15) is 14.3 Å². The largest absolute Gasteiger partial charge is 0.482 e. The minimum atomic E-state index is -1.10. The number of carbonyl (C=O) groups is 1. The van der Waals surface area contributed by atoms with Gasteiger partial charge in [0.25, 0.3) is 0 Å². The van der Waals surface area contributed by atoms with Gasteiger partial charge < -0.3 is 19.3 Å². The van der Waals surface area contributed by atoms with E-state index < -0.39 is 24.8 Å². The van der Waals surface area contributed by atoms with Gasteiger partial charge in [0.2, 0.25) is 0 Å². The molecule has 0 bridgehead atoms. The molecule has 1 N–H and O–H groups in total. The Morgan fingerprint density at radius 3 is 2.41 bits per heavy atom. The molecule has 0 amide bonds. The lowest BCUT2D eigenvalue weighted by atomic mass is 9.74. The summed E-state index contributed by atoms with van der Waals surface area (Å²) < 4.78 is 33.2. The molecule has 0 radical (unpaired) electrons. The summed E-state index contributed by atoms with van der Waals surface area (Å²) in [6, 6.07) is 28.6. The number of rotatable bonds is 9. The zero-order valence-corrected chi connectivity index (χ0v) is 23.3. The molecule has 4 atom stereocenters. The topological polar surface area (TPSA) is 65.0 Å². The highest BCUT2D eigenvalue weighted by atomic mass is 35.5. The van der Waals surface area contributed by atoms with Crippen LogP contribution < -0.4 is 9.47 Å². The third kappa shape index (κ3) is 6.79. The Morgan fingerprint density at radius 1 is 0.951 bits per heavy atom. The van der Waals surface area contributed by atoms with Crippen molar-refractivity contribution < 1.29 is 28.5 Å². The number of para-hydroxylation sites is 1. The molecule has 1 fully saturated rings. The second kappa shape index (κ2) is 12.6. The number of ether oxygens (including phenoxy) is 3. The van der Waals surface area contributed by atoms with E-state index in [1.807, 2.05) is 73.7 Å². The summed E-state index contributed by atoms with van der Waals surface area (Å²) in [5.74, 6) is -0.236. The molecule has 0 aromatic heterocycles. The van der Waals surface area contributed by atoms with Crippen molar-refractivity contribution >= 4 is 17.6 Å². The molecule has 0 unspecified atom stereocenters. The number of carboxylic acids is 1. The van der Waals surface area contributed by atoms with Gasteiger partial charge in [-0.3, -0.25) is 0 Å². The average Bonchev–Trinajstić information content (AvgIpc) is 2.96. The van der Waals surface area contributed by atoms with Gasteiger partial charge in [-0.15, -0.1) is 0 Å². The zero-order valence-electron chi connectivity index (χ0n) is 22.5. The van der Waals surface area contributed by atoms with Crippen LogP contribution in [0.3, 0.4) is 0 Å². The van der Waals surface area contributed by atoms with Gasteiger partial charge in [0, 0.05) is 22.4 Å². The van der Waals surface area contributed by atoms with E-state index in [1.54, 1.807) is 18.2 Å². The molecular formula is C34H30ClFO5. The van der Waals surface area contributed by atoms with E-state index in [4.69, 9.17) is 25.8 Å². The van der Waals surface area contributed by atoms with Crippen LogP contribution in [0.5, 0.6) is 17.2 Å². The predicted octanol–water partition coefficient (Wildman–Crippen LogP) is 8.91. The van der Waals surface area contributed by atoms with Gasteiger partial charge in [-0.25, -0.2) is 9.18 Å². The van der Waals surface area contributed by atoms with Crippen molar-refractivity contribution in [2.45, 2.75) is 31.5 Å². The first kappa shape index (κ1) is 28.4. The van der Waals surface area contributed by atoms with Crippen LogP contribution in [0.4, 0.5) is 4.39 Å². The Balaban J connectivity index is 1.60. The number of hydrogen-bond acceptors (Lipinski definition) is 4. The monoisotopic (exact) mass is 572 g/mol. The van der Waals surface area contributed by atoms with E-state index in [0.717, 1.165) is 11.1 Å². The summed E-state index contributed by atoms with van der Waals surface area (Å²) in [5, 5.41) is 9.93. The minimum Gasteiger partial charge on any atom is -0.482 e. The Hall–Kier alpha value is -4.13. The fourth-order valence-corrected chi connectivity index (χ4v) is 5.57. The van der Waals surface area contributed by atoms with Crippen LogP contribution in [0.25, 0.3) is 0 Å². The molecule has 4 aromatic rings. The van der Waals surface area contributed by atoms with Crippen molar-refractivity contribution in [3.63, 3.8) is 0 Å². The SMILES string of the molecule is C=C(C)[C@H]1C[C@H](c2cccc(Cl)c2)[C@H](c2cccc(F)c2)O[C@@H]1c1cc(Oc2ccccc2)ccc1OCC(=O)O. The molecule has 0 spiro atoms. The first-order valence-electron chi connectivity index (χ1n) is 13.3. The molecule has 7 heteroatoms. The molecule has 0 aliphatic carbocycles. The summed E-state index contributed by atoms with van der Waals surface area (Å²) in [7, 11) is 0. The van der Waals surface area contributed by atoms with Crippen LogP contribution in [0.2, 0.25) is 5.02 Å². The third-order valence-electron chi connectivity index (χ3n) is 7.24. The fraction of sp³-hybridized carbons (Fsp3) is 0.206. The van der Waals surface area contributed by atoms with Gasteiger partial charge in [0.1, 0.15) is 23.1 Å². The maximum Gasteiger partial charge on any atom is 0.341 e. The second-order valence-electron chi connectivity index (χ2n) is 10.2.